The van der Waals surface area contributed by atoms with E-state index in [0.717, 1.165) is 22.1 Å². The highest BCUT2D eigenvalue weighted by molar-refractivity contribution is 7.12. The molecule has 140 valence electrons. The number of nitrogens with zero attached hydrogens (tertiary/aromatic N) is 2. The molecule has 0 fully saturated rings. The minimum atomic E-state index is -0.0783. The first-order valence-electron chi connectivity index (χ1n) is 8.60. The summed E-state index contributed by atoms with van der Waals surface area (Å²) in [6.07, 6.45) is 5.69. The quantitative estimate of drug-likeness (QED) is 0.548. The molecule has 0 aliphatic rings. The molecule has 2 heterocycles. The van der Waals surface area contributed by atoms with Gasteiger partial charge in [-0.15, -0.1) is 11.3 Å². The number of carbonyl (C=O) groups excluding carboxylic acids is 1. The maximum atomic E-state index is 12.7. The zero-order chi connectivity index (χ0) is 19.4. The van der Waals surface area contributed by atoms with E-state index in [0.29, 0.717) is 17.1 Å². The average molecular weight is 382 g/mol. The number of rotatable bonds is 7. The summed E-state index contributed by atoms with van der Waals surface area (Å²) < 4.78 is 13.1. The molecule has 0 unspecified atom stereocenters. The number of hydrogen-bond acceptors (Lipinski definition) is 5. The van der Waals surface area contributed by atoms with Crippen LogP contribution in [0.1, 0.15) is 34.2 Å². The highest BCUT2D eigenvalue weighted by Crippen LogP contribution is 2.29. The third-order valence-electron chi connectivity index (χ3n) is 4.25. The molecule has 3 rings (SSSR count). The second-order valence-electron chi connectivity index (χ2n) is 6.06. The van der Waals surface area contributed by atoms with E-state index in [-0.39, 0.29) is 12.4 Å². The molecule has 0 saturated carbocycles. The predicted octanol–water partition coefficient (Wildman–Crippen LogP) is 4.85. The number of carbonyl (C=O) groups is 1. The first-order chi connectivity index (χ1) is 13.0. The molecular weight excluding hydrogens is 360 g/mol. The highest BCUT2D eigenvalue weighted by Gasteiger charge is 2.18. The number of hydrogen-bond donors (Lipinski definition) is 0. The minimum absolute atomic E-state index is 0.0541. The lowest BCUT2D eigenvalue weighted by atomic mass is 10.1. The van der Waals surface area contributed by atoms with Gasteiger partial charge in [-0.25, -0.2) is 4.98 Å². The monoisotopic (exact) mass is 382 g/mol. The molecular formula is C21H22N2O3S. The molecule has 6 heteroatoms. The van der Waals surface area contributed by atoms with Crippen molar-refractivity contribution in [3.05, 3.63) is 64.4 Å². The van der Waals surface area contributed by atoms with Crippen molar-refractivity contribution in [2.45, 2.75) is 20.8 Å². The van der Waals surface area contributed by atoms with E-state index in [2.05, 4.69) is 4.98 Å². The Morgan fingerprint density at radius 3 is 2.74 bits per heavy atom. The largest absolute Gasteiger partial charge is 0.493 e. The summed E-state index contributed by atoms with van der Waals surface area (Å²) in [6, 6.07) is 7.51. The molecule has 0 radical (unpaired) electrons. The lowest BCUT2D eigenvalue weighted by molar-refractivity contribution is 0.0919. The number of benzene rings is 1. The Morgan fingerprint density at radius 1 is 1.26 bits per heavy atom. The zero-order valence-corrected chi connectivity index (χ0v) is 16.7. The Balaban J connectivity index is 1.78. The van der Waals surface area contributed by atoms with Crippen LogP contribution in [0.5, 0.6) is 11.5 Å². The number of methoxy groups -OCH3 is 1. The summed E-state index contributed by atoms with van der Waals surface area (Å²) >= 11 is 1.54. The van der Waals surface area contributed by atoms with Crippen LogP contribution < -0.4 is 9.47 Å². The summed E-state index contributed by atoms with van der Waals surface area (Å²) in [5, 5.41) is 2.77. The van der Waals surface area contributed by atoms with Crippen LogP contribution in [0.4, 0.5) is 0 Å². The van der Waals surface area contributed by atoms with Gasteiger partial charge >= 0.3 is 0 Å². The molecule has 0 bridgehead atoms. The molecule has 3 aromatic rings. The van der Waals surface area contributed by atoms with Gasteiger partial charge in [0.05, 0.1) is 7.11 Å². The van der Waals surface area contributed by atoms with Crippen molar-refractivity contribution in [1.29, 1.82) is 0 Å². The SMILES string of the molecule is CC=Cc1ccc(OCC(=O)c2cc(C)n(-c3nccs3)c2C)c(OC)c1. The second-order valence-corrected chi connectivity index (χ2v) is 6.93. The average Bonchev–Trinajstić information content (AvgIpc) is 3.28. The van der Waals surface area contributed by atoms with E-state index >= 15 is 0 Å². The second kappa shape index (κ2) is 8.22. The first-order valence-corrected chi connectivity index (χ1v) is 9.48. The predicted molar refractivity (Wildman–Crippen MR) is 108 cm³/mol. The van der Waals surface area contributed by atoms with Crippen molar-refractivity contribution in [1.82, 2.24) is 9.55 Å². The van der Waals surface area contributed by atoms with Gasteiger partial charge in [0.15, 0.2) is 23.2 Å². The number of ether oxygens (including phenoxy) is 2. The van der Waals surface area contributed by atoms with Gasteiger partial charge in [-0.05, 0) is 44.5 Å². The van der Waals surface area contributed by atoms with Crippen LogP contribution in [0.3, 0.4) is 0 Å². The molecule has 2 aromatic heterocycles. The lowest BCUT2D eigenvalue weighted by Crippen LogP contribution is -2.13. The minimum Gasteiger partial charge on any atom is -0.493 e. The smallest absolute Gasteiger partial charge is 0.202 e. The molecule has 0 atom stereocenters. The number of Topliss-reactive ketones (excluding diaryl/α,β-unsaturated/α-hetero) is 1. The fraction of sp³-hybridized carbons (Fsp3) is 0.238. The van der Waals surface area contributed by atoms with Gasteiger partial charge < -0.3 is 9.47 Å². The van der Waals surface area contributed by atoms with E-state index in [1.807, 2.05) is 67.1 Å². The molecule has 0 spiro atoms. The van der Waals surface area contributed by atoms with Crippen LogP contribution in [0.2, 0.25) is 0 Å². The van der Waals surface area contributed by atoms with Gasteiger partial charge in [0.2, 0.25) is 5.78 Å². The van der Waals surface area contributed by atoms with Crippen LogP contribution in [-0.4, -0.2) is 29.1 Å². The van der Waals surface area contributed by atoms with Crippen molar-refractivity contribution in [2.75, 3.05) is 13.7 Å². The van der Waals surface area contributed by atoms with Crippen molar-refractivity contribution in [3.8, 4) is 16.6 Å². The van der Waals surface area contributed by atoms with E-state index in [1.165, 1.54) is 11.3 Å². The lowest BCUT2D eigenvalue weighted by Gasteiger charge is -2.11. The van der Waals surface area contributed by atoms with Crippen molar-refractivity contribution >= 4 is 23.2 Å². The molecule has 0 aliphatic heterocycles. The molecule has 0 saturated heterocycles. The topological polar surface area (TPSA) is 53.4 Å². The number of allylic oxidation sites excluding steroid dienone is 1. The molecule has 1 aromatic carbocycles. The number of aromatic nitrogens is 2. The molecule has 27 heavy (non-hydrogen) atoms. The van der Waals surface area contributed by atoms with Crippen LogP contribution >= 0.6 is 11.3 Å². The zero-order valence-electron chi connectivity index (χ0n) is 15.9. The Labute approximate surface area is 162 Å². The standard InChI is InChI=1S/C21H22N2O3S/c1-5-6-16-7-8-19(20(12-16)25-4)26-13-18(24)17-11-14(2)23(15(17)3)21-22-9-10-27-21/h5-12H,13H2,1-4H3. The highest BCUT2D eigenvalue weighted by atomic mass is 32.1. The summed E-state index contributed by atoms with van der Waals surface area (Å²) in [5.74, 6) is 1.07. The van der Waals surface area contributed by atoms with Crippen molar-refractivity contribution in [3.63, 3.8) is 0 Å². The Bertz CT molecular complexity index is 972. The summed E-state index contributed by atoms with van der Waals surface area (Å²) in [5.41, 5.74) is 3.50. The van der Waals surface area contributed by atoms with E-state index in [9.17, 15) is 4.79 Å². The Morgan fingerprint density at radius 2 is 2.07 bits per heavy atom. The first kappa shape index (κ1) is 18.9. The normalized spacial score (nSPS) is 11.1. The maximum Gasteiger partial charge on any atom is 0.202 e. The Kier molecular flexibility index (Phi) is 5.76. The van der Waals surface area contributed by atoms with Gasteiger partial charge in [0.25, 0.3) is 0 Å². The van der Waals surface area contributed by atoms with Crippen LogP contribution in [-0.2, 0) is 0 Å². The van der Waals surface area contributed by atoms with Crippen molar-refractivity contribution < 1.29 is 14.3 Å². The van der Waals surface area contributed by atoms with E-state index < -0.39 is 0 Å². The van der Waals surface area contributed by atoms with E-state index in [4.69, 9.17) is 9.47 Å². The van der Waals surface area contributed by atoms with Crippen LogP contribution in [0.25, 0.3) is 11.2 Å². The summed E-state index contributed by atoms with van der Waals surface area (Å²) in [7, 11) is 1.59. The number of thiazole rings is 1. The van der Waals surface area contributed by atoms with Crippen molar-refractivity contribution in [2.24, 2.45) is 0 Å². The molecule has 0 aliphatic carbocycles. The van der Waals surface area contributed by atoms with Gasteiger partial charge in [-0.2, -0.15) is 0 Å². The number of ketones is 1. The van der Waals surface area contributed by atoms with Crippen LogP contribution in [0, 0.1) is 13.8 Å². The Hall–Kier alpha value is -2.86. The van der Waals surface area contributed by atoms with E-state index in [1.54, 1.807) is 13.3 Å². The fourth-order valence-electron chi connectivity index (χ4n) is 2.99. The third kappa shape index (κ3) is 3.95. The molecule has 5 nitrogen and oxygen atoms in total. The molecule has 0 amide bonds. The molecule has 0 N–H and O–H groups in total. The fourth-order valence-corrected chi connectivity index (χ4v) is 3.74. The summed E-state index contributed by atoms with van der Waals surface area (Å²) in [4.78, 5) is 17.1. The van der Waals surface area contributed by atoms with Gasteiger partial charge in [0.1, 0.15) is 0 Å². The number of aryl methyl sites for hydroxylation is 1. The van der Waals surface area contributed by atoms with Gasteiger partial charge in [0, 0.05) is 28.5 Å². The van der Waals surface area contributed by atoms with Gasteiger partial charge in [-0.1, -0.05) is 18.2 Å². The van der Waals surface area contributed by atoms with Crippen LogP contribution in [0.15, 0.2) is 41.9 Å². The summed E-state index contributed by atoms with van der Waals surface area (Å²) in [6.45, 7) is 5.79. The third-order valence-corrected chi connectivity index (χ3v) is 5.00. The van der Waals surface area contributed by atoms with Gasteiger partial charge in [-0.3, -0.25) is 9.36 Å². The maximum absolute atomic E-state index is 12.7.